The molecule has 5 aromatic carbocycles. The Morgan fingerprint density at radius 2 is 0.931 bits per heavy atom. The van der Waals surface area contributed by atoms with Crippen LogP contribution in [0.5, 0.6) is 11.5 Å². The minimum atomic E-state index is -4.14. The molecule has 2 aliphatic heterocycles. The average molecular weight is 1240 g/mol. The number of carbonyl (C=O) groups is 2. The molecule has 2 amide bonds. The van der Waals surface area contributed by atoms with E-state index in [0.29, 0.717) is 25.2 Å². The summed E-state index contributed by atoms with van der Waals surface area (Å²) >= 11 is 0. The van der Waals surface area contributed by atoms with Crippen molar-refractivity contribution in [3.8, 4) is 23.6 Å². The van der Waals surface area contributed by atoms with Crippen LogP contribution in [0.1, 0.15) is 70.1 Å². The number of aromatic hydroxyl groups is 1. The summed E-state index contributed by atoms with van der Waals surface area (Å²) in [6.07, 6.45) is -3.66. The van der Waals surface area contributed by atoms with Gasteiger partial charge in [-0.2, -0.15) is 19.1 Å². The van der Waals surface area contributed by atoms with E-state index in [9.17, 15) is 47.0 Å². The minimum absolute atomic E-state index is 0.00814. The zero-order valence-corrected chi connectivity index (χ0v) is 51.2. The van der Waals surface area contributed by atoms with Crippen LogP contribution in [0.15, 0.2) is 149 Å². The summed E-state index contributed by atoms with van der Waals surface area (Å²) in [5, 5.41) is 56.4. The molecule has 0 aliphatic carbocycles. The molecule has 5 aromatic rings. The van der Waals surface area contributed by atoms with Gasteiger partial charge in [0.1, 0.15) is 31.7 Å². The Labute approximate surface area is 510 Å². The number of sulfonamides is 2. The van der Waals surface area contributed by atoms with Crippen molar-refractivity contribution in [2.75, 3.05) is 66.2 Å². The van der Waals surface area contributed by atoms with Crippen molar-refractivity contribution >= 4 is 32.2 Å². The maximum Gasteiger partial charge on any atom is 0.407 e. The van der Waals surface area contributed by atoms with Gasteiger partial charge in [0.05, 0.1) is 72.6 Å². The fourth-order valence-corrected chi connectivity index (χ4v) is 12.8. The summed E-state index contributed by atoms with van der Waals surface area (Å²) in [5.41, 5.74) is 1.44. The first-order chi connectivity index (χ1) is 41.5. The number of nitriles is 2. The lowest BCUT2D eigenvalue weighted by atomic mass is 9.88. The molecular weight excluding hydrogens is 1160 g/mol. The van der Waals surface area contributed by atoms with E-state index in [4.69, 9.17) is 38.4 Å². The van der Waals surface area contributed by atoms with Crippen LogP contribution in [0.4, 0.5) is 9.59 Å². The first-order valence-electron chi connectivity index (χ1n) is 28.5. The summed E-state index contributed by atoms with van der Waals surface area (Å²) in [6, 6.07) is 41.7. The molecule has 5 N–H and O–H groups in total. The van der Waals surface area contributed by atoms with Gasteiger partial charge >= 0.3 is 12.2 Å². The second kappa shape index (κ2) is 33.8. The molecule has 24 heteroatoms. The van der Waals surface area contributed by atoms with Gasteiger partial charge in [-0.3, -0.25) is 0 Å². The number of amides is 2. The van der Waals surface area contributed by atoms with Gasteiger partial charge in [-0.15, -0.1) is 0 Å². The Kier molecular flexibility index (Phi) is 26.8. The Bertz CT molecular complexity index is 3200. The summed E-state index contributed by atoms with van der Waals surface area (Å²) in [7, 11) is -8.26. The van der Waals surface area contributed by atoms with E-state index in [1.165, 1.54) is 40.7 Å². The maximum absolute atomic E-state index is 14.1. The standard InChI is InChI=1S/C35H43N3O8S.C28H37N3O8S/c1-35(2,18-9-19-36)25-38(47(41,42)31-16-14-29(15-17-31)45-22-28-12-7-4-8-13-28)21-33(39)32(20-27-10-5-3-6-11-27)37-34(40)46-30-23-43-26-44-24-30;1-28(2,13-6-14-29)19-31(40(35,36)24-11-9-22(32)10-12-24)16-26(33)25(15-21-7-4-3-5-8-21)30-27(34)39-23-17-37-20-38-18-23/h3-8,10-17,30,32-33,39H,9,18,20-26H2,1-2H3,(H,37,40);3-5,7-12,23,25-26,32-33H,6,13,15-20H2,1-2H3,(H,30,34)/t32-,33+;25-,26+/m00/s1. The van der Waals surface area contributed by atoms with Gasteiger partial charge in [0.15, 0.2) is 12.2 Å². The van der Waals surface area contributed by atoms with Crippen LogP contribution in [0, 0.1) is 33.5 Å². The minimum Gasteiger partial charge on any atom is -0.508 e. The van der Waals surface area contributed by atoms with Gasteiger partial charge in [0, 0.05) is 39.0 Å². The topological polar surface area (TPSA) is 306 Å². The molecular formula is C63H80N6O16S2. The average Bonchev–Trinajstić information content (AvgIpc) is 2.15. The van der Waals surface area contributed by atoms with Gasteiger partial charge in [0.2, 0.25) is 20.0 Å². The van der Waals surface area contributed by atoms with Gasteiger partial charge in [-0.25, -0.2) is 26.4 Å². The van der Waals surface area contributed by atoms with E-state index in [1.807, 2.05) is 119 Å². The predicted molar refractivity (Wildman–Crippen MR) is 320 cm³/mol. The monoisotopic (exact) mass is 1240 g/mol. The number of alkyl carbamates (subject to hydrolysis) is 2. The molecule has 0 saturated carbocycles. The number of rotatable bonds is 29. The van der Waals surface area contributed by atoms with Crippen molar-refractivity contribution in [2.24, 2.45) is 10.8 Å². The molecule has 22 nitrogen and oxygen atoms in total. The predicted octanol–water partition coefficient (Wildman–Crippen LogP) is 7.44. The second-order valence-corrected chi connectivity index (χ2v) is 26.6. The van der Waals surface area contributed by atoms with Crippen molar-refractivity contribution in [2.45, 2.75) is 119 Å². The second-order valence-electron chi connectivity index (χ2n) is 22.8. The molecule has 87 heavy (non-hydrogen) atoms. The number of phenols is 1. The smallest absolute Gasteiger partial charge is 0.407 e. The molecule has 0 radical (unpaired) electrons. The van der Waals surface area contributed by atoms with Crippen LogP contribution in [0.2, 0.25) is 0 Å². The van der Waals surface area contributed by atoms with E-state index >= 15 is 0 Å². The van der Waals surface area contributed by atoms with Crippen LogP contribution in [-0.2, 0) is 67.9 Å². The molecule has 7 rings (SSSR count). The van der Waals surface area contributed by atoms with Gasteiger partial charge in [0.25, 0.3) is 0 Å². The number of nitrogens with zero attached hydrogens (tertiary/aromatic N) is 4. The number of carbonyl (C=O) groups excluding carboxylic acids is 2. The molecule has 0 unspecified atom stereocenters. The SMILES string of the molecule is CC(C)(CCC#N)CN(C[C@@H](O)[C@H](Cc1ccccc1)NC(=O)OC1COCOC1)S(=O)(=O)c1ccc(O)cc1.CC(C)(CCC#N)CN(C[C@@H](O)[C@H](Cc1ccccc1)NC(=O)OC1COCOC1)S(=O)(=O)c1ccc(OCc2ccccc2)cc1. The Hall–Kier alpha value is -7.20. The quantitative estimate of drug-likeness (QED) is 0.0310. The van der Waals surface area contributed by atoms with Crippen LogP contribution < -0.4 is 15.4 Å². The van der Waals surface area contributed by atoms with Crippen molar-refractivity contribution in [3.63, 3.8) is 0 Å². The lowest BCUT2D eigenvalue weighted by Crippen LogP contribution is -2.52. The van der Waals surface area contributed by atoms with Crippen LogP contribution in [0.25, 0.3) is 0 Å². The first-order valence-corrected chi connectivity index (χ1v) is 31.4. The highest BCUT2D eigenvalue weighted by molar-refractivity contribution is 7.89. The summed E-state index contributed by atoms with van der Waals surface area (Å²) in [5.74, 6) is 0.424. The molecule has 0 spiro atoms. The number of aliphatic hydroxyl groups is 2. The third kappa shape index (κ3) is 23.1. The van der Waals surface area contributed by atoms with Crippen LogP contribution >= 0.6 is 0 Å². The van der Waals surface area contributed by atoms with Crippen molar-refractivity contribution in [1.82, 2.24) is 19.2 Å². The lowest BCUT2D eigenvalue weighted by Gasteiger charge is -2.35. The Morgan fingerprint density at radius 3 is 1.30 bits per heavy atom. The fraction of sp³-hybridized carbons (Fsp3) is 0.460. The zero-order valence-electron chi connectivity index (χ0n) is 49.5. The van der Waals surface area contributed by atoms with Crippen LogP contribution in [0.3, 0.4) is 0 Å². The molecule has 2 aliphatic rings. The normalized spacial score (nSPS) is 15.7. The number of aliphatic hydroxyl groups excluding tert-OH is 2. The number of ether oxygens (including phenoxy) is 7. The summed E-state index contributed by atoms with van der Waals surface area (Å²) in [4.78, 5) is 25.6. The number of nitrogens with one attached hydrogen (secondary N) is 2. The molecule has 470 valence electrons. The van der Waals surface area contributed by atoms with Crippen molar-refractivity contribution < 1.29 is 74.9 Å². The maximum atomic E-state index is 14.1. The number of phenolic OH excluding ortho intramolecular Hbond substituents is 1. The first kappa shape index (κ1) is 68.9. The third-order valence-corrected chi connectivity index (χ3v) is 17.9. The summed E-state index contributed by atoms with van der Waals surface area (Å²) in [6.45, 7) is 8.11. The Balaban J connectivity index is 0.000000282. The molecule has 2 fully saturated rings. The largest absolute Gasteiger partial charge is 0.508 e. The highest BCUT2D eigenvalue weighted by Crippen LogP contribution is 2.31. The zero-order chi connectivity index (χ0) is 62.9. The third-order valence-electron chi connectivity index (χ3n) is 14.2. The molecule has 0 aromatic heterocycles. The van der Waals surface area contributed by atoms with Crippen molar-refractivity contribution in [1.29, 1.82) is 10.5 Å². The van der Waals surface area contributed by atoms with E-state index in [-0.39, 0.29) is 107 Å². The van der Waals surface area contributed by atoms with Crippen molar-refractivity contribution in [3.05, 3.63) is 156 Å². The van der Waals surface area contributed by atoms with Gasteiger partial charge in [-0.05, 0) is 102 Å². The summed E-state index contributed by atoms with van der Waals surface area (Å²) < 4.78 is 95.5. The molecule has 0 bridgehead atoms. The van der Waals surface area contributed by atoms with E-state index in [2.05, 4.69) is 22.8 Å². The van der Waals surface area contributed by atoms with Crippen LogP contribution in [-0.4, -0.2) is 156 Å². The fourth-order valence-electron chi connectivity index (χ4n) is 9.48. The molecule has 4 atom stereocenters. The molecule has 2 saturated heterocycles. The van der Waals surface area contributed by atoms with E-state index < -0.39 is 79.6 Å². The van der Waals surface area contributed by atoms with E-state index in [0.717, 1.165) is 21.0 Å². The van der Waals surface area contributed by atoms with Gasteiger partial charge in [-0.1, -0.05) is 119 Å². The van der Waals surface area contributed by atoms with E-state index in [1.54, 1.807) is 12.1 Å². The highest BCUT2D eigenvalue weighted by Gasteiger charge is 2.37. The Morgan fingerprint density at radius 1 is 0.575 bits per heavy atom. The van der Waals surface area contributed by atoms with Gasteiger partial charge < -0.3 is 59.1 Å². The highest BCUT2D eigenvalue weighted by atomic mass is 32.2. The lowest BCUT2D eigenvalue weighted by molar-refractivity contribution is -0.151. The number of hydrogen-bond donors (Lipinski definition) is 5. The number of benzene rings is 5. The number of hydrogen-bond acceptors (Lipinski definition) is 18. The molecule has 2 heterocycles.